The molecule has 60 valence electrons. The van der Waals surface area contributed by atoms with E-state index in [9.17, 15) is 0 Å². The van der Waals surface area contributed by atoms with Crippen LogP contribution in [-0.2, 0) is 0 Å². The van der Waals surface area contributed by atoms with Crippen LogP contribution in [0.4, 0.5) is 0 Å². The van der Waals surface area contributed by atoms with Gasteiger partial charge in [0.15, 0.2) is 0 Å². The summed E-state index contributed by atoms with van der Waals surface area (Å²) in [5.41, 5.74) is 7.55. The molecule has 0 aromatic rings. The van der Waals surface area contributed by atoms with E-state index in [4.69, 9.17) is 5.73 Å². The molecule has 10 heavy (non-hydrogen) atoms. The molecule has 0 aromatic heterocycles. The smallest absolute Gasteiger partial charge is 0.0788 e. The van der Waals surface area contributed by atoms with E-state index in [1.165, 1.54) is 0 Å². The van der Waals surface area contributed by atoms with Crippen LogP contribution >= 0.6 is 0 Å². The third kappa shape index (κ3) is 2.18. The fourth-order valence-electron chi connectivity index (χ4n) is 0.491. The standard InChI is InChI=1S/C8H19NSi/c1-8(2,3)10(4,5)7-6-9/h6-7H,9H2,1-5H3. The molecule has 0 amide bonds. The van der Waals surface area contributed by atoms with Gasteiger partial charge in [-0.1, -0.05) is 39.6 Å². The second-order valence-electron chi connectivity index (χ2n) is 4.33. The van der Waals surface area contributed by atoms with Crippen molar-refractivity contribution in [2.75, 3.05) is 0 Å². The topological polar surface area (TPSA) is 26.0 Å². The zero-order chi connectivity index (χ0) is 8.41. The largest absolute Gasteiger partial charge is 0.405 e. The van der Waals surface area contributed by atoms with Crippen LogP contribution in [0.2, 0.25) is 18.1 Å². The molecule has 0 radical (unpaired) electrons. The molecule has 0 bridgehead atoms. The molecule has 1 nitrogen and oxygen atoms in total. The Labute approximate surface area is 65.3 Å². The van der Waals surface area contributed by atoms with Crippen molar-refractivity contribution in [2.24, 2.45) is 5.73 Å². The van der Waals surface area contributed by atoms with E-state index >= 15 is 0 Å². The Morgan fingerprint density at radius 1 is 1.20 bits per heavy atom. The monoisotopic (exact) mass is 157 g/mol. The average molecular weight is 157 g/mol. The Morgan fingerprint density at radius 3 is 1.70 bits per heavy atom. The second kappa shape index (κ2) is 2.78. The Balaban J connectivity index is 4.40. The predicted octanol–water partition coefficient (Wildman–Crippen LogP) is 2.51. The van der Waals surface area contributed by atoms with Gasteiger partial charge in [-0.05, 0) is 11.2 Å². The highest BCUT2D eigenvalue weighted by molar-refractivity contribution is 6.84. The van der Waals surface area contributed by atoms with Crippen molar-refractivity contribution >= 4 is 8.07 Å². The highest BCUT2D eigenvalue weighted by atomic mass is 28.3. The van der Waals surface area contributed by atoms with Crippen molar-refractivity contribution in [3.63, 3.8) is 0 Å². The average Bonchev–Trinajstić information content (AvgIpc) is 1.61. The van der Waals surface area contributed by atoms with E-state index in [0.717, 1.165) is 0 Å². The van der Waals surface area contributed by atoms with Crippen LogP contribution in [0, 0.1) is 0 Å². The third-order valence-electron chi connectivity index (χ3n) is 2.45. The van der Waals surface area contributed by atoms with Crippen LogP contribution in [0.25, 0.3) is 0 Å². The summed E-state index contributed by atoms with van der Waals surface area (Å²) in [6.45, 7) is 11.5. The zero-order valence-electron chi connectivity index (χ0n) is 7.73. The van der Waals surface area contributed by atoms with Crippen molar-refractivity contribution in [1.82, 2.24) is 0 Å². The van der Waals surface area contributed by atoms with Crippen molar-refractivity contribution in [1.29, 1.82) is 0 Å². The van der Waals surface area contributed by atoms with Crippen LogP contribution in [0.1, 0.15) is 20.8 Å². The minimum atomic E-state index is -1.21. The first-order valence-electron chi connectivity index (χ1n) is 3.71. The maximum absolute atomic E-state index is 5.37. The summed E-state index contributed by atoms with van der Waals surface area (Å²) in [5, 5.41) is 0.420. The quantitative estimate of drug-likeness (QED) is 0.582. The molecule has 0 saturated heterocycles. The maximum atomic E-state index is 5.37. The lowest BCUT2D eigenvalue weighted by atomic mass is 10.2. The SMILES string of the molecule is CC(C)(C)[Si](C)(C)C=CN. The zero-order valence-corrected chi connectivity index (χ0v) is 8.73. The molecule has 2 N–H and O–H groups in total. The van der Waals surface area contributed by atoms with Gasteiger partial charge in [0.2, 0.25) is 0 Å². The first-order chi connectivity index (χ1) is 4.31. The summed E-state index contributed by atoms with van der Waals surface area (Å²) < 4.78 is 0. The fraction of sp³-hybridized carbons (Fsp3) is 0.750. The molecule has 0 aromatic carbocycles. The van der Waals surface area contributed by atoms with Gasteiger partial charge < -0.3 is 5.73 Å². The Bertz CT molecular complexity index is 131. The Kier molecular flexibility index (Phi) is 2.72. The van der Waals surface area contributed by atoms with E-state index < -0.39 is 8.07 Å². The fourth-order valence-corrected chi connectivity index (χ4v) is 1.47. The van der Waals surface area contributed by atoms with Gasteiger partial charge in [-0.3, -0.25) is 0 Å². The summed E-state index contributed by atoms with van der Waals surface area (Å²) >= 11 is 0. The van der Waals surface area contributed by atoms with Crippen molar-refractivity contribution < 1.29 is 0 Å². The number of hydrogen-bond donors (Lipinski definition) is 1. The van der Waals surface area contributed by atoms with Crippen LogP contribution < -0.4 is 5.73 Å². The number of nitrogens with two attached hydrogens (primary N) is 1. The lowest BCUT2D eigenvalue weighted by molar-refractivity contribution is 0.728. The highest BCUT2D eigenvalue weighted by Gasteiger charge is 2.31. The molecule has 0 unspecified atom stereocenters. The lowest BCUT2D eigenvalue weighted by Gasteiger charge is -2.33. The van der Waals surface area contributed by atoms with Gasteiger partial charge in [0.25, 0.3) is 0 Å². The summed E-state index contributed by atoms with van der Waals surface area (Å²) in [6, 6.07) is 0. The lowest BCUT2D eigenvalue weighted by Crippen LogP contribution is -2.35. The van der Waals surface area contributed by atoms with E-state index in [1.807, 2.05) is 0 Å². The van der Waals surface area contributed by atoms with E-state index in [1.54, 1.807) is 6.20 Å². The normalized spacial score (nSPS) is 14.5. The predicted molar refractivity (Wildman–Crippen MR) is 50.5 cm³/mol. The van der Waals surface area contributed by atoms with Crippen LogP contribution in [0.15, 0.2) is 11.9 Å². The first kappa shape index (κ1) is 9.76. The maximum Gasteiger partial charge on any atom is 0.0788 e. The molecular weight excluding hydrogens is 138 g/mol. The van der Waals surface area contributed by atoms with Crippen molar-refractivity contribution in [3.05, 3.63) is 11.9 Å². The van der Waals surface area contributed by atoms with E-state index in [2.05, 4.69) is 39.6 Å². The first-order valence-corrected chi connectivity index (χ1v) is 6.78. The summed E-state index contributed by atoms with van der Waals surface area (Å²) in [4.78, 5) is 0. The van der Waals surface area contributed by atoms with Crippen LogP contribution in [-0.4, -0.2) is 8.07 Å². The van der Waals surface area contributed by atoms with Crippen LogP contribution in [0.3, 0.4) is 0 Å². The molecule has 0 saturated carbocycles. The number of hydrogen-bond acceptors (Lipinski definition) is 1. The molecule has 0 fully saturated rings. The van der Waals surface area contributed by atoms with Gasteiger partial charge in [0.1, 0.15) is 0 Å². The highest BCUT2D eigenvalue weighted by Crippen LogP contribution is 2.36. The molecule has 2 heteroatoms. The number of rotatable bonds is 1. The summed E-state index contributed by atoms with van der Waals surface area (Å²) in [7, 11) is -1.21. The van der Waals surface area contributed by atoms with Gasteiger partial charge in [-0.25, -0.2) is 0 Å². The van der Waals surface area contributed by atoms with E-state index in [-0.39, 0.29) is 0 Å². The molecule has 0 heterocycles. The van der Waals surface area contributed by atoms with Gasteiger partial charge >= 0.3 is 0 Å². The molecule has 0 rings (SSSR count). The third-order valence-corrected chi connectivity index (χ3v) is 7.34. The molecule has 0 aliphatic rings. The minimum Gasteiger partial charge on any atom is -0.405 e. The second-order valence-corrected chi connectivity index (χ2v) is 9.61. The van der Waals surface area contributed by atoms with E-state index in [0.29, 0.717) is 5.04 Å². The summed E-state index contributed by atoms with van der Waals surface area (Å²) in [5.74, 6) is 0. The molecule has 0 aliphatic carbocycles. The van der Waals surface area contributed by atoms with Gasteiger partial charge in [-0.15, -0.1) is 0 Å². The minimum absolute atomic E-state index is 0.420. The summed E-state index contributed by atoms with van der Waals surface area (Å²) in [6.07, 6.45) is 1.69. The van der Waals surface area contributed by atoms with Crippen molar-refractivity contribution in [3.8, 4) is 0 Å². The van der Waals surface area contributed by atoms with Gasteiger partial charge in [0.05, 0.1) is 8.07 Å². The molecular formula is C8H19NSi. The molecule has 0 atom stereocenters. The Hall–Kier alpha value is -0.243. The van der Waals surface area contributed by atoms with Gasteiger partial charge in [0, 0.05) is 0 Å². The Morgan fingerprint density at radius 2 is 1.60 bits per heavy atom. The molecule has 0 spiro atoms. The van der Waals surface area contributed by atoms with Crippen LogP contribution in [0.5, 0.6) is 0 Å². The molecule has 0 aliphatic heterocycles. The van der Waals surface area contributed by atoms with Gasteiger partial charge in [-0.2, -0.15) is 0 Å². The van der Waals surface area contributed by atoms with Crippen molar-refractivity contribution in [2.45, 2.75) is 38.9 Å².